The van der Waals surface area contributed by atoms with Crippen LogP contribution in [0.4, 0.5) is 19.0 Å². The van der Waals surface area contributed by atoms with Gasteiger partial charge in [-0.15, -0.1) is 0 Å². The second kappa shape index (κ2) is 6.45. The Morgan fingerprint density at radius 3 is 2.73 bits per heavy atom. The molecule has 114 valence electrons. The molecule has 0 saturated heterocycles. The smallest absolute Gasteiger partial charge is 0.387 e. The van der Waals surface area contributed by atoms with Crippen LogP contribution in [0, 0.1) is 11.3 Å². The van der Waals surface area contributed by atoms with Gasteiger partial charge in [-0.1, -0.05) is 12.1 Å². The van der Waals surface area contributed by atoms with Crippen LogP contribution in [-0.2, 0) is 6.18 Å². The molecule has 0 amide bonds. The van der Waals surface area contributed by atoms with Crippen molar-refractivity contribution in [2.75, 3.05) is 11.9 Å². The maximum Gasteiger partial charge on any atom is 0.416 e. The minimum atomic E-state index is -4.46. The molecule has 1 heterocycles. The highest BCUT2D eigenvalue weighted by Crippen LogP contribution is 2.30. The van der Waals surface area contributed by atoms with Crippen molar-refractivity contribution < 1.29 is 18.3 Å². The molecule has 2 N–H and O–H groups in total. The van der Waals surface area contributed by atoms with E-state index in [-0.39, 0.29) is 17.9 Å². The predicted molar refractivity (Wildman–Crippen MR) is 73.8 cm³/mol. The molecule has 0 aliphatic rings. The summed E-state index contributed by atoms with van der Waals surface area (Å²) in [6.07, 6.45) is -4.14. The number of aliphatic hydroxyl groups excluding tert-OH is 1. The molecule has 7 heteroatoms. The normalized spacial score (nSPS) is 12.5. The number of rotatable bonds is 4. The number of hydrogen-bond donors (Lipinski definition) is 2. The fourth-order valence-electron chi connectivity index (χ4n) is 1.87. The number of aliphatic hydroxyl groups is 1. The van der Waals surface area contributed by atoms with Crippen LogP contribution in [0.3, 0.4) is 0 Å². The van der Waals surface area contributed by atoms with E-state index in [2.05, 4.69) is 10.3 Å². The van der Waals surface area contributed by atoms with Crippen molar-refractivity contribution in [1.82, 2.24) is 4.98 Å². The van der Waals surface area contributed by atoms with Gasteiger partial charge in [0.15, 0.2) is 0 Å². The third kappa shape index (κ3) is 3.74. The van der Waals surface area contributed by atoms with E-state index in [1.54, 1.807) is 12.1 Å². The van der Waals surface area contributed by atoms with Gasteiger partial charge < -0.3 is 10.4 Å². The Balaban J connectivity index is 2.10. The van der Waals surface area contributed by atoms with E-state index in [1.807, 2.05) is 6.07 Å². The first kappa shape index (κ1) is 15.8. The van der Waals surface area contributed by atoms with Gasteiger partial charge in [-0.2, -0.15) is 18.4 Å². The first-order chi connectivity index (χ1) is 10.4. The van der Waals surface area contributed by atoms with Gasteiger partial charge in [0, 0.05) is 12.7 Å². The molecule has 4 nitrogen and oxygen atoms in total. The number of halogens is 3. The lowest BCUT2D eigenvalue weighted by Crippen LogP contribution is -2.15. The highest BCUT2D eigenvalue weighted by atomic mass is 19.4. The van der Waals surface area contributed by atoms with E-state index in [1.165, 1.54) is 18.3 Å². The molecule has 1 aromatic carbocycles. The Morgan fingerprint density at radius 1 is 1.27 bits per heavy atom. The van der Waals surface area contributed by atoms with Crippen LogP contribution < -0.4 is 5.32 Å². The summed E-state index contributed by atoms with van der Waals surface area (Å²) in [5.74, 6) is 0.274. The summed E-state index contributed by atoms with van der Waals surface area (Å²) in [4.78, 5) is 3.95. The van der Waals surface area contributed by atoms with Crippen molar-refractivity contribution >= 4 is 5.82 Å². The molecule has 0 fully saturated rings. The Morgan fingerprint density at radius 2 is 2.05 bits per heavy atom. The molecule has 0 aliphatic carbocycles. The van der Waals surface area contributed by atoms with E-state index >= 15 is 0 Å². The monoisotopic (exact) mass is 307 g/mol. The summed E-state index contributed by atoms with van der Waals surface area (Å²) in [5.41, 5.74) is -0.393. The quantitative estimate of drug-likeness (QED) is 0.910. The number of nitrogens with zero attached hydrogens (tertiary/aromatic N) is 2. The van der Waals surface area contributed by atoms with E-state index in [9.17, 15) is 18.3 Å². The number of benzene rings is 1. The van der Waals surface area contributed by atoms with E-state index in [0.717, 1.165) is 12.1 Å². The Kier molecular flexibility index (Phi) is 4.63. The third-order valence-corrected chi connectivity index (χ3v) is 2.99. The van der Waals surface area contributed by atoms with Crippen LogP contribution >= 0.6 is 0 Å². The summed E-state index contributed by atoms with van der Waals surface area (Å²) >= 11 is 0. The minimum absolute atomic E-state index is 0.0625. The number of alkyl halides is 3. The largest absolute Gasteiger partial charge is 0.416 e. The standard InChI is InChI=1S/C15H12F3N3O/c16-15(17,18)12-5-1-3-10(7-12)13(22)9-21-14-11(8-19)4-2-6-20-14/h1-7,13,22H,9H2,(H,20,21). The molecule has 2 aromatic rings. The molecule has 1 unspecified atom stereocenters. The van der Waals surface area contributed by atoms with Crippen LogP contribution in [0.25, 0.3) is 0 Å². The summed E-state index contributed by atoms with van der Waals surface area (Å²) in [7, 11) is 0. The molecule has 1 aromatic heterocycles. The van der Waals surface area contributed by atoms with Gasteiger partial charge in [0.2, 0.25) is 0 Å². The topological polar surface area (TPSA) is 68.9 Å². The fourth-order valence-corrected chi connectivity index (χ4v) is 1.87. The SMILES string of the molecule is N#Cc1cccnc1NCC(O)c1cccc(C(F)(F)F)c1. The number of nitriles is 1. The maximum absolute atomic E-state index is 12.6. The zero-order valence-corrected chi connectivity index (χ0v) is 11.3. The van der Waals surface area contributed by atoms with Gasteiger partial charge in [-0.3, -0.25) is 0 Å². The van der Waals surface area contributed by atoms with Gasteiger partial charge in [0.25, 0.3) is 0 Å². The molecule has 22 heavy (non-hydrogen) atoms. The number of pyridine rings is 1. The second-order valence-electron chi connectivity index (χ2n) is 4.53. The molecule has 0 saturated carbocycles. The van der Waals surface area contributed by atoms with Crippen molar-refractivity contribution in [2.24, 2.45) is 0 Å². The fraction of sp³-hybridized carbons (Fsp3) is 0.200. The van der Waals surface area contributed by atoms with Gasteiger partial charge in [-0.05, 0) is 29.8 Å². The molecule has 0 spiro atoms. The van der Waals surface area contributed by atoms with Gasteiger partial charge in [-0.25, -0.2) is 4.98 Å². The van der Waals surface area contributed by atoms with Crippen LogP contribution in [0.15, 0.2) is 42.6 Å². The van der Waals surface area contributed by atoms with Crippen LogP contribution in [0.1, 0.15) is 22.8 Å². The highest BCUT2D eigenvalue weighted by molar-refractivity contribution is 5.51. The molecular weight excluding hydrogens is 295 g/mol. The second-order valence-corrected chi connectivity index (χ2v) is 4.53. The molecule has 2 rings (SSSR count). The number of hydrogen-bond acceptors (Lipinski definition) is 4. The third-order valence-electron chi connectivity index (χ3n) is 2.99. The molecule has 1 atom stereocenters. The van der Waals surface area contributed by atoms with Crippen LogP contribution in [0.5, 0.6) is 0 Å². The lowest BCUT2D eigenvalue weighted by Gasteiger charge is -2.15. The first-order valence-corrected chi connectivity index (χ1v) is 6.36. The van der Waals surface area contributed by atoms with Gasteiger partial charge in [0.1, 0.15) is 11.9 Å². The first-order valence-electron chi connectivity index (χ1n) is 6.36. The number of anilines is 1. The molecule has 0 radical (unpaired) electrons. The van der Waals surface area contributed by atoms with Gasteiger partial charge >= 0.3 is 6.18 Å². The van der Waals surface area contributed by atoms with Crippen molar-refractivity contribution in [3.63, 3.8) is 0 Å². The Labute approximate surface area is 124 Å². The molecule has 0 bridgehead atoms. The predicted octanol–water partition coefficient (Wildman–Crippen LogP) is 3.12. The minimum Gasteiger partial charge on any atom is -0.387 e. The molecular formula is C15H12F3N3O. The lowest BCUT2D eigenvalue weighted by molar-refractivity contribution is -0.137. The maximum atomic E-state index is 12.6. The average molecular weight is 307 g/mol. The highest BCUT2D eigenvalue weighted by Gasteiger charge is 2.30. The van der Waals surface area contributed by atoms with Crippen molar-refractivity contribution in [3.05, 3.63) is 59.3 Å². The summed E-state index contributed by atoms with van der Waals surface area (Å²) < 4.78 is 37.9. The average Bonchev–Trinajstić information content (AvgIpc) is 2.52. The lowest BCUT2D eigenvalue weighted by atomic mass is 10.1. The summed E-state index contributed by atoms with van der Waals surface area (Å²) in [6, 6.07) is 9.56. The Bertz CT molecular complexity index is 695. The van der Waals surface area contributed by atoms with Crippen LogP contribution in [0.2, 0.25) is 0 Å². The summed E-state index contributed by atoms with van der Waals surface area (Å²) in [6.45, 7) is -0.0625. The molecule has 0 aliphatic heterocycles. The van der Waals surface area contributed by atoms with E-state index in [4.69, 9.17) is 5.26 Å². The summed E-state index contributed by atoms with van der Waals surface area (Å²) in [5, 5.41) is 21.7. The zero-order chi connectivity index (χ0) is 16.2. The van der Waals surface area contributed by atoms with Crippen molar-refractivity contribution in [1.29, 1.82) is 5.26 Å². The van der Waals surface area contributed by atoms with Crippen molar-refractivity contribution in [2.45, 2.75) is 12.3 Å². The van der Waals surface area contributed by atoms with E-state index in [0.29, 0.717) is 5.56 Å². The van der Waals surface area contributed by atoms with Gasteiger partial charge in [0.05, 0.1) is 17.2 Å². The number of nitrogens with one attached hydrogen (secondary N) is 1. The zero-order valence-electron chi connectivity index (χ0n) is 11.3. The van der Waals surface area contributed by atoms with Crippen molar-refractivity contribution in [3.8, 4) is 6.07 Å². The number of aromatic nitrogens is 1. The van der Waals surface area contributed by atoms with Crippen LogP contribution in [-0.4, -0.2) is 16.6 Å². The Hall–Kier alpha value is -2.59. The van der Waals surface area contributed by atoms with E-state index < -0.39 is 17.8 Å².